The predicted molar refractivity (Wildman–Crippen MR) is 99.2 cm³/mol. The maximum Gasteiger partial charge on any atom is 0.246 e. The Labute approximate surface area is 148 Å². The molecule has 25 heavy (non-hydrogen) atoms. The minimum absolute atomic E-state index is 0.00149. The molecule has 1 N–H and O–H groups in total. The molecule has 1 heterocycles. The van der Waals surface area contributed by atoms with Gasteiger partial charge in [0.1, 0.15) is 5.54 Å². The summed E-state index contributed by atoms with van der Waals surface area (Å²) in [4.78, 5) is 27.0. The number of aryl methyl sites for hydroxylation is 1. The maximum atomic E-state index is 12.9. The molecule has 0 unspecified atom stereocenters. The minimum Gasteiger partial charge on any atom is -0.350 e. The van der Waals surface area contributed by atoms with E-state index in [9.17, 15) is 9.59 Å². The highest BCUT2D eigenvalue weighted by molar-refractivity contribution is 6.06. The highest BCUT2D eigenvalue weighted by Crippen LogP contribution is 2.35. The minimum atomic E-state index is -0.848. The lowest BCUT2D eigenvalue weighted by molar-refractivity contribution is -0.127. The van der Waals surface area contributed by atoms with Crippen molar-refractivity contribution in [1.82, 2.24) is 5.32 Å². The molecule has 0 spiro atoms. The van der Waals surface area contributed by atoms with Crippen LogP contribution in [-0.2, 0) is 22.6 Å². The first kappa shape index (κ1) is 17.2. The summed E-state index contributed by atoms with van der Waals surface area (Å²) in [5.74, 6) is -0.108. The van der Waals surface area contributed by atoms with Gasteiger partial charge in [-0.25, -0.2) is 0 Å². The van der Waals surface area contributed by atoms with Gasteiger partial charge in [-0.15, -0.1) is 0 Å². The van der Waals surface area contributed by atoms with Crippen molar-refractivity contribution in [2.24, 2.45) is 0 Å². The Morgan fingerprint density at radius 1 is 1.08 bits per heavy atom. The van der Waals surface area contributed by atoms with Gasteiger partial charge in [0, 0.05) is 18.7 Å². The van der Waals surface area contributed by atoms with Gasteiger partial charge in [-0.05, 0) is 43.0 Å². The summed E-state index contributed by atoms with van der Waals surface area (Å²) in [6.07, 6.45) is 1.87. The third-order valence-corrected chi connectivity index (χ3v) is 4.96. The van der Waals surface area contributed by atoms with Gasteiger partial charge < -0.3 is 5.32 Å². The number of benzene rings is 2. The molecule has 0 saturated carbocycles. The fourth-order valence-electron chi connectivity index (χ4n) is 3.34. The van der Waals surface area contributed by atoms with Crippen molar-refractivity contribution in [1.29, 1.82) is 0 Å². The maximum absolute atomic E-state index is 12.9. The fourth-order valence-corrected chi connectivity index (χ4v) is 3.34. The molecule has 1 saturated heterocycles. The van der Waals surface area contributed by atoms with Crippen molar-refractivity contribution in [2.45, 2.75) is 45.2 Å². The molecule has 1 fully saturated rings. The van der Waals surface area contributed by atoms with Gasteiger partial charge >= 0.3 is 0 Å². The summed E-state index contributed by atoms with van der Waals surface area (Å²) < 4.78 is 0. The summed E-state index contributed by atoms with van der Waals surface area (Å²) in [6, 6.07) is 17.7. The Kier molecular flexibility index (Phi) is 4.88. The van der Waals surface area contributed by atoms with Crippen LogP contribution in [-0.4, -0.2) is 17.4 Å². The Bertz CT molecular complexity index is 755. The van der Waals surface area contributed by atoms with Crippen LogP contribution in [0.4, 0.5) is 5.69 Å². The lowest BCUT2D eigenvalue weighted by atomic mass is 9.96. The number of hydrogen-bond donors (Lipinski definition) is 1. The third kappa shape index (κ3) is 3.43. The molecule has 1 aliphatic rings. The van der Waals surface area contributed by atoms with Crippen molar-refractivity contribution in [2.75, 3.05) is 4.90 Å². The lowest BCUT2D eigenvalue weighted by Crippen LogP contribution is -2.54. The van der Waals surface area contributed by atoms with Crippen molar-refractivity contribution < 1.29 is 9.59 Å². The second-order valence-electron chi connectivity index (χ2n) is 6.69. The molecule has 0 aromatic heterocycles. The highest BCUT2D eigenvalue weighted by atomic mass is 16.2. The standard InChI is InChI=1S/C21H24N2O2/c1-3-16-9-11-18(12-10-16)23-19(24)13-14-21(23,2)20(25)22-15-17-7-5-4-6-8-17/h4-12H,3,13-15H2,1-2H3,(H,22,25)/t21-/m0/s1. The number of hydrogen-bond acceptors (Lipinski definition) is 2. The number of nitrogens with zero attached hydrogens (tertiary/aromatic N) is 1. The molecule has 0 aliphatic carbocycles. The van der Waals surface area contributed by atoms with Gasteiger partial charge in [-0.2, -0.15) is 0 Å². The van der Waals surface area contributed by atoms with Gasteiger partial charge in [0.15, 0.2) is 0 Å². The van der Waals surface area contributed by atoms with Crippen molar-refractivity contribution in [3.05, 3.63) is 65.7 Å². The molecule has 2 amide bonds. The van der Waals surface area contributed by atoms with Gasteiger partial charge in [0.2, 0.25) is 11.8 Å². The molecular weight excluding hydrogens is 312 g/mol. The van der Waals surface area contributed by atoms with Crippen LogP contribution in [0.5, 0.6) is 0 Å². The molecule has 0 radical (unpaired) electrons. The predicted octanol–water partition coefficient (Wildman–Crippen LogP) is 3.45. The van der Waals surface area contributed by atoms with E-state index >= 15 is 0 Å². The largest absolute Gasteiger partial charge is 0.350 e. The van der Waals surface area contributed by atoms with Crippen LogP contribution in [0.25, 0.3) is 0 Å². The lowest BCUT2D eigenvalue weighted by Gasteiger charge is -2.34. The van der Waals surface area contributed by atoms with Gasteiger partial charge in [-0.1, -0.05) is 49.4 Å². The Morgan fingerprint density at radius 2 is 1.76 bits per heavy atom. The van der Waals surface area contributed by atoms with E-state index < -0.39 is 5.54 Å². The zero-order valence-electron chi connectivity index (χ0n) is 14.8. The van der Waals surface area contributed by atoms with Crippen LogP contribution in [0, 0.1) is 0 Å². The zero-order valence-corrected chi connectivity index (χ0v) is 14.8. The number of anilines is 1. The van der Waals surface area contributed by atoms with E-state index in [-0.39, 0.29) is 11.8 Å². The summed E-state index contributed by atoms with van der Waals surface area (Å²) in [6.45, 7) is 4.41. The van der Waals surface area contributed by atoms with Crippen LogP contribution in [0.15, 0.2) is 54.6 Å². The molecule has 4 heteroatoms. The molecule has 3 rings (SSSR count). The van der Waals surface area contributed by atoms with E-state index in [1.165, 1.54) is 5.56 Å². The van der Waals surface area contributed by atoms with Crippen LogP contribution < -0.4 is 10.2 Å². The van der Waals surface area contributed by atoms with Gasteiger partial charge in [0.05, 0.1) is 0 Å². The molecule has 2 aromatic rings. The quantitative estimate of drug-likeness (QED) is 0.909. The van der Waals surface area contributed by atoms with Crippen molar-refractivity contribution in [3.63, 3.8) is 0 Å². The van der Waals surface area contributed by atoms with Crippen LogP contribution in [0.3, 0.4) is 0 Å². The summed E-state index contributed by atoms with van der Waals surface area (Å²) in [5, 5.41) is 2.99. The SMILES string of the molecule is CCc1ccc(N2C(=O)CC[C@@]2(C)C(=O)NCc2ccccc2)cc1. The van der Waals surface area contributed by atoms with E-state index in [4.69, 9.17) is 0 Å². The molecule has 1 atom stereocenters. The Morgan fingerprint density at radius 3 is 2.40 bits per heavy atom. The summed E-state index contributed by atoms with van der Waals surface area (Å²) in [7, 11) is 0. The topological polar surface area (TPSA) is 49.4 Å². The summed E-state index contributed by atoms with van der Waals surface area (Å²) in [5.41, 5.74) is 2.20. The highest BCUT2D eigenvalue weighted by Gasteiger charge is 2.47. The van der Waals surface area contributed by atoms with Gasteiger partial charge in [0.25, 0.3) is 0 Å². The number of carbonyl (C=O) groups excluding carboxylic acids is 2. The van der Waals surface area contributed by atoms with E-state index in [1.54, 1.807) is 4.90 Å². The molecular formula is C21H24N2O2. The van der Waals surface area contributed by atoms with Crippen LogP contribution in [0.1, 0.15) is 37.8 Å². The van der Waals surface area contributed by atoms with Gasteiger partial charge in [-0.3, -0.25) is 14.5 Å². The van der Waals surface area contributed by atoms with Crippen molar-refractivity contribution in [3.8, 4) is 0 Å². The van der Waals surface area contributed by atoms with Crippen molar-refractivity contribution >= 4 is 17.5 Å². The number of nitrogens with one attached hydrogen (secondary N) is 1. The molecule has 130 valence electrons. The molecule has 2 aromatic carbocycles. The van der Waals surface area contributed by atoms with Crippen LogP contribution >= 0.6 is 0 Å². The van der Waals surface area contributed by atoms with E-state index in [0.717, 1.165) is 17.7 Å². The van der Waals surface area contributed by atoms with Crippen LogP contribution in [0.2, 0.25) is 0 Å². The first-order valence-electron chi connectivity index (χ1n) is 8.79. The number of amides is 2. The normalized spacial score (nSPS) is 19.9. The number of carbonyl (C=O) groups is 2. The zero-order chi connectivity index (χ0) is 17.9. The van der Waals surface area contributed by atoms with E-state index in [2.05, 4.69) is 12.2 Å². The molecule has 0 bridgehead atoms. The van der Waals surface area contributed by atoms with E-state index in [1.807, 2.05) is 61.5 Å². The monoisotopic (exact) mass is 336 g/mol. The summed E-state index contributed by atoms with van der Waals surface area (Å²) >= 11 is 0. The second-order valence-corrected chi connectivity index (χ2v) is 6.69. The number of rotatable bonds is 5. The second kappa shape index (κ2) is 7.09. The third-order valence-electron chi connectivity index (χ3n) is 4.96. The van der Waals surface area contributed by atoms with E-state index in [0.29, 0.717) is 19.4 Å². The fraction of sp³-hybridized carbons (Fsp3) is 0.333. The first-order valence-corrected chi connectivity index (χ1v) is 8.79. The average Bonchev–Trinajstić information content (AvgIpc) is 2.96. The Balaban J connectivity index is 1.79. The molecule has 1 aliphatic heterocycles. The average molecular weight is 336 g/mol. The Hall–Kier alpha value is -2.62. The molecule has 4 nitrogen and oxygen atoms in total. The smallest absolute Gasteiger partial charge is 0.246 e. The first-order chi connectivity index (χ1) is 12.0.